The lowest BCUT2D eigenvalue weighted by molar-refractivity contribution is 0.396. The molecule has 0 bridgehead atoms. The zero-order valence-corrected chi connectivity index (χ0v) is 12.3. The van der Waals surface area contributed by atoms with Crippen LogP contribution in [0.25, 0.3) is 0 Å². The monoisotopic (exact) mass is 314 g/mol. The summed E-state index contributed by atoms with van der Waals surface area (Å²) in [6, 6.07) is 3.30. The topological polar surface area (TPSA) is 82.3 Å². The molecule has 3 N–H and O–H groups in total. The Hall–Kier alpha value is -1.92. The van der Waals surface area contributed by atoms with Gasteiger partial charge in [0, 0.05) is 6.07 Å². The molecule has 2 aromatic rings. The molecule has 20 heavy (non-hydrogen) atoms. The van der Waals surface area contributed by atoms with Crippen LogP contribution in [0.4, 0.5) is 17.2 Å². The lowest BCUT2D eigenvalue weighted by atomic mass is 10.2. The Morgan fingerprint density at radius 3 is 2.45 bits per heavy atom. The molecule has 0 unspecified atom stereocenters. The van der Waals surface area contributed by atoms with E-state index in [1.165, 1.54) is 20.5 Å². The van der Waals surface area contributed by atoms with E-state index in [4.69, 9.17) is 38.4 Å². The number of hydrogen-bond donors (Lipinski definition) is 2. The van der Waals surface area contributed by atoms with Crippen LogP contribution in [0.5, 0.6) is 11.5 Å². The van der Waals surface area contributed by atoms with Crippen LogP contribution in [0, 0.1) is 0 Å². The minimum atomic E-state index is 0.168. The van der Waals surface area contributed by atoms with Crippen molar-refractivity contribution in [2.75, 3.05) is 25.3 Å². The minimum Gasteiger partial charge on any atom is -0.495 e. The molecule has 6 nitrogen and oxygen atoms in total. The molecule has 2 rings (SSSR count). The van der Waals surface area contributed by atoms with E-state index in [-0.39, 0.29) is 10.8 Å². The first kappa shape index (κ1) is 14.5. The van der Waals surface area contributed by atoms with Gasteiger partial charge in [-0.25, -0.2) is 9.97 Å². The van der Waals surface area contributed by atoms with E-state index in [0.29, 0.717) is 28.0 Å². The van der Waals surface area contributed by atoms with Crippen LogP contribution in [0.3, 0.4) is 0 Å². The highest BCUT2D eigenvalue weighted by atomic mass is 35.5. The van der Waals surface area contributed by atoms with Gasteiger partial charge in [-0.3, -0.25) is 0 Å². The van der Waals surface area contributed by atoms with Crippen LogP contribution in [0.1, 0.15) is 0 Å². The highest BCUT2D eigenvalue weighted by molar-refractivity contribution is 6.33. The molecule has 8 heteroatoms. The van der Waals surface area contributed by atoms with Gasteiger partial charge in [0.15, 0.2) is 11.0 Å². The molecular formula is C12H12Cl2N4O2. The summed E-state index contributed by atoms with van der Waals surface area (Å²) in [5, 5.41) is 3.59. The number of ether oxygens (including phenoxy) is 2. The summed E-state index contributed by atoms with van der Waals surface area (Å²) >= 11 is 11.9. The molecule has 0 fully saturated rings. The highest BCUT2D eigenvalue weighted by Crippen LogP contribution is 2.38. The van der Waals surface area contributed by atoms with Gasteiger partial charge in [0.2, 0.25) is 0 Å². The maximum Gasteiger partial charge on any atom is 0.158 e. The normalized spacial score (nSPS) is 10.2. The van der Waals surface area contributed by atoms with Crippen molar-refractivity contribution in [3.8, 4) is 11.5 Å². The van der Waals surface area contributed by atoms with E-state index in [1.54, 1.807) is 12.1 Å². The fraction of sp³-hybridized carbons (Fsp3) is 0.167. The number of rotatable bonds is 4. The first-order chi connectivity index (χ1) is 9.56. The molecule has 0 saturated heterocycles. The first-order valence-electron chi connectivity index (χ1n) is 5.51. The third-order valence-corrected chi connectivity index (χ3v) is 3.16. The summed E-state index contributed by atoms with van der Waals surface area (Å²) in [5.41, 5.74) is 6.62. The van der Waals surface area contributed by atoms with Crippen molar-refractivity contribution in [2.45, 2.75) is 0 Å². The van der Waals surface area contributed by atoms with Gasteiger partial charge >= 0.3 is 0 Å². The van der Waals surface area contributed by atoms with E-state index >= 15 is 0 Å². The molecule has 0 aliphatic rings. The molecule has 1 aromatic heterocycles. The fourth-order valence-corrected chi connectivity index (χ4v) is 1.93. The third kappa shape index (κ3) is 2.81. The molecule has 1 aromatic carbocycles. The van der Waals surface area contributed by atoms with Gasteiger partial charge in [0.25, 0.3) is 0 Å². The van der Waals surface area contributed by atoms with Crippen molar-refractivity contribution in [1.29, 1.82) is 0 Å². The van der Waals surface area contributed by atoms with Crippen molar-refractivity contribution in [1.82, 2.24) is 9.97 Å². The molecule has 106 valence electrons. The van der Waals surface area contributed by atoms with Crippen LogP contribution in [0.15, 0.2) is 18.5 Å². The second-order valence-corrected chi connectivity index (χ2v) is 4.50. The van der Waals surface area contributed by atoms with E-state index in [0.717, 1.165) is 0 Å². The Labute approximate surface area is 125 Å². The summed E-state index contributed by atoms with van der Waals surface area (Å²) in [6.07, 6.45) is 1.30. The summed E-state index contributed by atoms with van der Waals surface area (Å²) in [7, 11) is 3.06. The van der Waals surface area contributed by atoms with Gasteiger partial charge in [-0.1, -0.05) is 23.2 Å². The Bertz CT molecular complexity index is 637. The number of hydrogen-bond acceptors (Lipinski definition) is 6. The summed E-state index contributed by atoms with van der Waals surface area (Å²) < 4.78 is 10.4. The summed E-state index contributed by atoms with van der Waals surface area (Å²) in [5.74, 6) is 1.40. The number of nitrogen functional groups attached to an aromatic ring is 1. The number of anilines is 3. The fourth-order valence-electron chi connectivity index (χ4n) is 1.56. The Kier molecular flexibility index (Phi) is 4.36. The Morgan fingerprint density at radius 1 is 1.10 bits per heavy atom. The van der Waals surface area contributed by atoms with E-state index in [1.807, 2.05) is 0 Å². The van der Waals surface area contributed by atoms with Crippen LogP contribution >= 0.6 is 23.2 Å². The molecule has 0 radical (unpaired) electrons. The van der Waals surface area contributed by atoms with Crippen molar-refractivity contribution >= 4 is 40.4 Å². The molecule has 1 heterocycles. The Morgan fingerprint density at radius 2 is 1.80 bits per heavy atom. The molecule has 0 aliphatic carbocycles. The number of methoxy groups -OCH3 is 2. The first-order valence-corrected chi connectivity index (χ1v) is 6.27. The number of nitrogens with one attached hydrogen (secondary N) is 1. The maximum absolute atomic E-state index is 6.09. The maximum atomic E-state index is 6.09. The number of aromatic nitrogens is 2. The average Bonchev–Trinajstić information content (AvgIpc) is 2.44. The standard InChI is InChI=1S/C12H12Cl2N4O2/c1-19-8-4-9(20-2)7(3-6(8)13)18-12-10(15)11(14)16-5-17-12/h3-5H,15H2,1-2H3,(H,16,17,18). The van der Waals surface area contributed by atoms with Gasteiger partial charge in [-0.15, -0.1) is 0 Å². The van der Waals surface area contributed by atoms with E-state index in [9.17, 15) is 0 Å². The van der Waals surface area contributed by atoms with Crippen molar-refractivity contribution in [2.24, 2.45) is 0 Å². The van der Waals surface area contributed by atoms with Crippen molar-refractivity contribution in [3.05, 3.63) is 28.6 Å². The second kappa shape index (κ2) is 6.02. The summed E-state index contributed by atoms with van der Waals surface area (Å²) in [6.45, 7) is 0. The van der Waals surface area contributed by atoms with Crippen LogP contribution in [-0.4, -0.2) is 24.2 Å². The van der Waals surface area contributed by atoms with Gasteiger partial charge in [0.1, 0.15) is 23.5 Å². The molecule has 0 spiro atoms. The number of nitrogens with two attached hydrogens (primary N) is 1. The Balaban J connectivity index is 2.42. The predicted octanol–water partition coefficient (Wildman–Crippen LogP) is 3.13. The largest absolute Gasteiger partial charge is 0.495 e. The number of nitrogens with zero attached hydrogens (tertiary/aromatic N) is 2. The lowest BCUT2D eigenvalue weighted by Crippen LogP contribution is -2.02. The number of benzene rings is 1. The molecule has 0 saturated carbocycles. The van der Waals surface area contributed by atoms with E-state index in [2.05, 4.69) is 15.3 Å². The quantitative estimate of drug-likeness (QED) is 0.844. The summed E-state index contributed by atoms with van der Waals surface area (Å²) in [4.78, 5) is 7.80. The number of halogens is 2. The van der Waals surface area contributed by atoms with Gasteiger partial charge in [-0.05, 0) is 6.07 Å². The highest BCUT2D eigenvalue weighted by Gasteiger charge is 2.13. The smallest absolute Gasteiger partial charge is 0.158 e. The lowest BCUT2D eigenvalue weighted by Gasteiger charge is -2.14. The zero-order valence-electron chi connectivity index (χ0n) is 10.8. The van der Waals surface area contributed by atoms with Crippen LogP contribution in [-0.2, 0) is 0 Å². The minimum absolute atomic E-state index is 0.168. The van der Waals surface area contributed by atoms with Crippen LogP contribution in [0.2, 0.25) is 10.2 Å². The third-order valence-electron chi connectivity index (χ3n) is 2.56. The molecule has 0 atom stereocenters. The zero-order chi connectivity index (χ0) is 14.7. The predicted molar refractivity (Wildman–Crippen MR) is 79.3 cm³/mol. The average molecular weight is 315 g/mol. The second-order valence-electron chi connectivity index (χ2n) is 3.74. The van der Waals surface area contributed by atoms with Gasteiger partial charge < -0.3 is 20.5 Å². The molecule has 0 amide bonds. The van der Waals surface area contributed by atoms with E-state index < -0.39 is 0 Å². The van der Waals surface area contributed by atoms with Crippen molar-refractivity contribution < 1.29 is 9.47 Å². The molecular weight excluding hydrogens is 303 g/mol. The van der Waals surface area contributed by atoms with Gasteiger partial charge in [-0.2, -0.15) is 0 Å². The SMILES string of the molecule is COc1cc(OC)c(Nc2ncnc(Cl)c2N)cc1Cl. The van der Waals surface area contributed by atoms with Gasteiger partial charge in [0.05, 0.1) is 24.9 Å². The molecule has 0 aliphatic heterocycles. The van der Waals surface area contributed by atoms with Crippen LogP contribution < -0.4 is 20.5 Å². The van der Waals surface area contributed by atoms with Crippen molar-refractivity contribution in [3.63, 3.8) is 0 Å².